The molecule has 0 fully saturated rings. The summed E-state index contributed by atoms with van der Waals surface area (Å²) in [6, 6.07) is 2.67. The van der Waals surface area contributed by atoms with E-state index in [2.05, 4.69) is 22.8 Å². The largest absolute Gasteiger partial charge is 0.309 e. The highest BCUT2D eigenvalue weighted by molar-refractivity contribution is 7.14. The first kappa shape index (κ1) is 9.25. The summed E-state index contributed by atoms with van der Waals surface area (Å²) >= 11 is 7.43. The Labute approximate surface area is 87.4 Å². The molecule has 1 heterocycles. The fraction of sp³-hybridized carbons (Fsp3) is 0.400. The van der Waals surface area contributed by atoms with E-state index in [1.54, 1.807) is 11.3 Å². The molecule has 3 heteroatoms. The molecule has 0 saturated carbocycles. The minimum Gasteiger partial charge on any atom is -0.309 e. The maximum Gasteiger partial charge on any atom is 0.0931 e. The molecule has 1 nitrogen and oxygen atoms in total. The predicted octanol–water partition coefficient (Wildman–Crippen LogP) is 3.21. The third-order valence-electron chi connectivity index (χ3n) is 2.22. The minimum absolute atomic E-state index is 0.638. The first-order valence-corrected chi connectivity index (χ1v) is 5.71. The van der Waals surface area contributed by atoms with Crippen molar-refractivity contribution >= 4 is 22.9 Å². The van der Waals surface area contributed by atoms with E-state index in [0.717, 1.165) is 23.7 Å². The second kappa shape index (κ2) is 4.27. The summed E-state index contributed by atoms with van der Waals surface area (Å²) in [4.78, 5) is 0. The van der Waals surface area contributed by atoms with Crippen LogP contribution < -0.4 is 5.32 Å². The second-order valence-electron chi connectivity index (χ2n) is 3.28. The zero-order valence-electron chi connectivity index (χ0n) is 7.29. The molecule has 1 aliphatic carbocycles. The standard InChI is InChI=1S/C10H12ClNS/c11-10-5-8(7-13-10)6-12-9-3-1-2-4-9/h1-2,5,7,9,12H,3-4,6H2. The van der Waals surface area contributed by atoms with E-state index in [4.69, 9.17) is 11.6 Å². The van der Waals surface area contributed by atoms with Crippen LogP contribution in [0.5, 0.6) is 0 Å². The summed E-state index contributed by atoms with van der Waals surface area (Å²) in [5, 5.41) is 5.61. The van der Waals surface area contributed by atoms with Crippen LogP contribution in [0, 0.1) is 0 Å². The summed E-state index contributed by atoms with van der Waals surface area (Å²) in [6.07, 6.45) is 6.80. The van der Waals surface area contributed by atoms with E-state index in [9.17, 15) is 0 Å². The van der Waals surface area contributed by atoms with Crippen LogP contribution >= 0.6 is 22.9 Å². The SMILES string of the molecule is Clc1cc(CNC2CC=CC2)cs1. The van der Waals surface area contributed by atoms with E-state index in [1.807, 2.05) is 6.07 Å². The molecule has 0 saturated heterocycles. The molecule has 1 N–H and O–H groups in total. The van der Waals surface area contributed by atoms with Crippen LogP contribution in [0.3, 0.4) is 0 Å². The summed E-state index contributed by atoms with van der Waals surface area (Å²) in [5.74, 6) is 0. The molecule has 70 valence electrons. The molecule has 0 aliphatic heterocycles. The Morgan fingerprint density at radius 3 is 2.85 bits per heavy atom. The van der Waals surface area contributed by atoms with Gasteiger partial charge in [-0.2, -0.15) is 0 Å². The van der Waals surface area contributed by atoms with Crippen molar-refractivity contribution in [3.8, 4) is 0 Å². The molecule has 1 aliphatic rings. The molecule has 0 radical (unpaired) electrons. The minimum atomic E-state index is 0.638. The highest BCUT2D eigenvalue weighted by atomic mass is 35.5. The van der Waals surface area contributed by atoms with Gasteiger partial charge in [0.1, 0.15) is 0 Å². The molecular weight excluding hydrogens is 202 g/mol. The highest BCUT2D eigenvalue weighted by Crippen LogP contribution is 2.20. The molecule has 0 bridgehead atoms. The molecule has 0 atom stereocenters. The van der Waals surface area contributed by atoms with Gasteiger partial charge in [0.2, 0.25) is 0 Å². The monoisotopic (exact) mass is 213 g/mol. The molecular formula is C10H12ClNS. The number of rotatable bonds is 3. The lowest BCUT2D eigenvalue weighted by Gasteiger charge is -2.10. The van der Waals surface area contributed by atoms with Crippen LogP contribution in [0.4, 0.5) is 0 Å². The smallest absolute Gasteiger partial charge is 0.0931 e. The van der Waals surface area contributed by atoms with Gasteiger partial charge >= 0.3 is 0 Å². The van der Waals surface area contributed by atoms with Crippen molar-refractivity contribution in [2.24, 2.45) is 0 Å². The predicted molar refractivity (Wildman–Crippen MR) is 58.3 cm³/mol. The van der Waals surface area contributed by atoms with Crippen molar-refractivity contribution in [1.82, 2.24) is 5.32 Å². The topological polar surface area (TPSA) is 12.0 Å². The lowest BCUT2D eigenvalue weighted by molar-refractivity contribution is 0.539. The molecule has 1 aromatic heterocycles. The van der Waals surface area contributed by atoms with Crippen LogP contribution in [0.15, 0.2) is 23.6 Å². The summed E-state index contributed by atoms with van der Waals surface area (Å²) in [6.45, 7) is 0.940. The zero-order valence-corrected chi connectivity index (χ0v) is 8.87. The average Bonchev–Trinajstić information content (AvgIpc) is 2.71. The van der Waals surface area contributed by atoms with Gasteiger partial charge in [0.15, 0.2) is 0 Å². The lowest BCUT2D eigenvalue weighted by atomic mass is 10.2. The third-order valence-corrected chi connectivity index (χ3v) is 3.36. The first-order valence-electron chi connectivity index (χ1n) is 4.46. The molecule has 0 spiro atoms. The van der Waals surface area contributed by atoms with Gasteiger partial charge < -0.3 is 5.32 Å². The van der Waals surface area contributed by atoms with Gasteiger partial charge in [-0.15, -0.1) is 11.3 Å². The molecule has 0 aromatic carbocycles. The van der Waals surface area contributed by atoms with Gasteiger partial charge in [-0.05, 0) is 29.9 Å². The van der Waals surface area contributed by atoms with E-state index in [1.165, 1.54) is 5.56 Å². The molecule has 0 unspecified atom stereocenters. The van der Waals surface area contributed by atoms with Gasteiger partial charge in [0, 0.05) is 12.6 Å². The average molecular weight is 214 g/mol. The Morgan fingerprint density at radius 1 is 1.46 bits per heavy atom. The molecule has 13 heavy (non-hydrogen) atoms. The Bertz CT molecular complexity index is 298. The van der Waals surface area contributed by atoms with Crippen LogP contribution in [0.25, 0.3) is 0 Å². The number of hydrogen-bond donors (Lipinski definition) is 1. The summed E-state index contributed by atoms with van der Waals surface area (Å²) < 4.78 is 0.876. The van der Waals surface area contributed by atoms with Crippen LogP contribution in [-0.4, -0.2) is 6.04 Å². The Morgan fingerprint density at radius 2 is 2.23 bits per heavy atom. The number of halogens is 1. The van der Waals surface area contributed by atoms with E-state index >= 15 is 0 Å². The number of thiophene rings is 1. The normalized spacial score (nSPS) is 17.0. The van der Waals surface area contributed by atoms with Gasteiger partial charge in [-0.25, -0.2) is 0 Å². The van der Waals surface area contributed by atoms with Gasteiger partial charge in [-0.1, -0.05) is 23.8 Å². The van der Waals surface area contributed by atoms with Crippen molar-refractivity contribution < 1.29 is 0 Å². The number of hydrogen-bond acceptors (Lipinski definition) is 2. The molecule has 1 aromatic rings. The van der Waals surface area contributed by atoms with Crippen molar-refractivity contribution in [3.63, 3.8) is 0 Å². The van der Waals surface area contributed by atoms with Crippen LogP contribution in [0.1, 0.15) is 18.4 Å². The molecule has 2 rings (SSSR count). The van der Waals surface area contributed by atoms with Crippen LogP contribution in [0.2, 0.25) is 4.34 Å². The number of nitrogens with one attached hydrogen (secondary N) is 1. The fourth-order valence-corrected chi connectivity index (χ4v) is 2.39. The van der Waals surface area contributed by atoms with E-state index in [0.29, 0.717) is 6.04 Å². The summed E-state index contributed by atoms with van der Waals surface area (Å²) in [7, 11) is 0. The maximum absolute atomic E-state index is 5.83. The van der Waals surface area contributed by atoms with Gasteiger partial charge in [0.25, 0.3) is 0 Å². The second-order valence-corrected chi connectivity index (χ2v) is 4.82. The van der Waals surface area contributed by atoms with E-state index in [-0.39, 0.29) is 0 Å². The highest BCUT2D eigenvalue weighted by Gasteiger charge is 2.08. The Kier molecular flexibility index (Phi) is 3.04. The Balaban J connectivity index is 1.79. The van der Waals surface area contributed by atoms with Crippen molar-refractivity contribution in [2.75, 3.05) is 0 Å². The Hall–Kier alpha value is -0.310. The summed E-state index contributed by atoms with van der Waals surface area (Å²) in [5.41, 5.74) is 1.29. The van der Waals surface area contributed by atoms with Crippen molar-refractivity contribution in [3.05, 3.63) is 33.5 Å². The van der Waals surface area contributed by atoms with Gasteiger partial charge in [-0.3, -0.25) is 0 Å². The first-order chi connectivity index (χ1) is 6.34. The van der Waals surface area contributed by atoms with Crippen molar-refractivity contribution in [1.29, 1.82) is 0 Å². The lowest BCUT2D eigenvalue weighted by Crippen LogP contribution is -2.25. The zero-order chi connectivity index (χ0) is 9.10. The van der Waals surface area contributed by atoms with Crippen LogP contribution in [-0.2, 0) is 6.54 Å². The quantitative estimate of drug-likeness (QED) is 0.761. The van der Waals surface area contributed by atoms with Gasteiger partial charge in [0.05, 0.1) is 4.34 Å². The third kappa shape index (κ3) is 2.56. The fourth-order valence-electron chi connectivity index (χ4n) is 1.48. The van der Waals surface area contributed by atoms with Crippen molar-refractivity contribution in [2.45, 2.75) is 25.4 Å². The van der Waals surface area contributed by atoms with E-state index < -0.39 is 0 Å². The molecule has 0 amide bonds. The maximum atomic E-state index is 5.83.